The van der Waals surface area contributed by atoms with Gasteiger partial charge in [0.1, 0.15) is 5.75 Å². The van der Waals surface area contributed by atoms with Crippen LogP contribution >= 0.6 is 0 Å². The fraction of sp³-hybridized carbons (Fsp3) is 0.100. The third-order valence-electron chi connectivity index (χ3n) is 1.79. The van der Waals surface area contributed by atoms with E-state index in [9.17, 15) is 0 Å². The van der Waals surface area contributed by atoms with Gasteiger partial charge in [0.15, 0.2) is 12.4 Å². The van der Waals surface area contributed by atoms with Crippen LogP contribution in [0.5, 0.6) is 5.75 Å². The predicted molar refractivity (Wildman–Crippen MR) is 51.7 cm³/mol. The minimum Gasteiger partial charge on any atom is -0.485 e. The Morgan fingerprint density at radius 2 is 2.07 bits per heavy atom. The number of aromatic nitrogens is 1. The summed E-state index contributed by atoms with van der Waals surface area (Å²) in [5.41, 5.74) is 6.08. The number of nitrogen functional groups attached to an aromatic ring is 1. The second kappa shape index (κ2) is 3.83. The quantitative estimate of drug-likeness (QED) is 0.802. The molecule has 4 heteroatoms. The van der Waals surface area contributed by atoms with Crippen LogP contribution in [0.4, 0.5) is 5.69 Å². The van der Waals surface area contributed by atoms with Crippen LogP contribution in [0.25, 0.3) is 0 Å². The third kappa shape index (κ3) is 1.85. The molecule has 0 unspecified atom stereocenters. The van der Waals surface area contributed by atoms with Gasteiger partial charge < -0.3 is 15.0 Å². The molecule has 0 radical (unpaired) electrons. The molecule has 0 atom stereocenters. The number of para-hydroxylation sites is 1. The second-order valence-corrected chi connectivity index (χ2v) is 2.81. The molecular formula is C10H10N2O2. The van der Waals surface area contributed by atoms with Crippen molar-refractivity contribution in [3.63, 3.8) is 0 Å². The highest BCUT2D eigenvalue weighted by molar-refractivity contribution is 5.37. The van der Waals surface area contributed by atoms with Gasteiger partial charge in [-0.15, -0.1) is 0 Å². The van der Waals surface area contributed by atoms with E-state index in [0.29, 0.717) is 18.1 Å². The Morgan fingerprint density at radius 3 is 2.71 bits per heavy atom. The summed E-state index contributed by atoms with van der Waals surface area (Å²) >= 11 is 0. The Balaban J connectivity index is 1.99. The van der Waals surface area contributed by atoms with E-state index in [4.69, 9.17) is 15.0 Å². The number of anilines is 1. The molecule has 1 aromatic carbocycles. The first-order chi connectivity index (χ1) is 6.86. The van der Waals surface area contributed by atoms with Crippen LogP contribution < -0.4 is 10.5 Å². The molecule has 0 aliphatic carbocycles. The molecule has 2 N–H and O–H groups in total. The van der Waals surface area contributed by atoms with Gasteiger partial charge in [-0.2, -0.15) is 0 Å². The Kier molecular flexibility index (Phi) is 2.36. The fourth-order valence-electron chi connectivity index (χ4n) is 1.05. The van der Waals surface area contributed by atoms with Crippen molar-refractivity contribution in [2.45, 2.75) is 6.61 Å². The molecule has 1 aromatic heterocycles. The number of hydrogen-bond donors (Lipinski definition) is 1. The zero-order valence-corrected chi connectivity index (χ0v) is 7.51. The summed E-state index contributed by atoms with van der Waals surface area (Å²) in [6, 6.07) is 9.47. The van der Waals surface area contributed by atoms with Crippen molar-refractivity contribution in [2.75, 3.05) is 5.73 Å². The number of benzene rings is 1. The van der Waals surface area contributed by atoms with Gasteiger partial charge in [-0.1, -0.05) is 23.4 Å². The first-order valence-electron chi connectivity index (χ1n) is 4.23. The van der Waals surface area contributed by atoms with Gasteiger partial charge in [0, 0.05) is 0 Å². The van der Waals surface area contributed by atoms with Gasteiger partial charge in [0.2, 0.25) is 0 Å². The van der Waals surface area contributed by atoms with Crippen molar-refractivity contribution >= 4 is 5.69 Å². The summed E-state index contributed by atoms with van der Waals surface area (Å²) in [4.78, 5) is 0. The van der Waals surface area contributed by atoms with Crippen LogP contribution in [0.15, 0.2) is 41.1 Å². The van der Waals surface area contributed by atoms with Crippen LogP contribution in [0.2, 0.25) is 0 Å². The predicted octanol–water partition coefficient (Wildman–Crippen LogP) is 1.84. The number of rotatable bonds is 3. The van der Waals surface area contributed by atoms with E-state index in [0.717, 1.165) is 5.75 Å². The average molecular weight is 190 g/mol. The van der Waals surface area contributed by atoms with Gasteiger partial charge in [-0.3, -0.25) is 0 Å². The minimum absolute atomic E-state index is 0.301. The van der Waals surface area contributed by atoms with Gasteiger partial charge in [-0.05, 0) is 12.1 Å². The van der Waals surface area contributed by atoms with Crippen LogP contribution in [-0.4, -0.2) is 5.16 Å². The van der Waals surface area contributed by atoms with Crippen LogP contribution in [0.3, 0.4) is 0 Å². The van der Waals surface area contributed by atoms with E-state index in [1.165, 1.54) is 6.20 Å². The highest BCUT2D eigenvalue weighted by Crippen LogP contribution is 2.14. The molecule has 14 heavy (non-hydrogen) atoms. The maximum absolute atomic E-state index is 5.57. The standard InChI is InChI=1S/C10H10N2O2/c11-9-6-12-14-10(9)7-13-8-4-2-1-3-5-8/h1-6H,7,11H2. The first-order valence-corrected chi connectivity index (χ1v) is 4.23. The molecule has 0 amide bonds. The summed E-state index contributed by atoms with van der Waals surface area (Å²) in [7, 11) is 0. The zero-order chi connectivity index (χ0) is 9.80. The minimum atomic E-state index is 0.301. The lowest BCUT2D eigenvalue weighted by Crippen LogP contribution is -1.96. The van der Waals surface area contributed by atoms with Gasteiger partial charge >= 0.3 is 0 Å². The topological polar surface area (TPSA) is 61.3 Å². The normalized spacial score (nSPS) is 10.0. The van der Waals surface area contributed by atoms with Crippen LogP contribution in [0, 0.1) is 0 Å². The molecule has 2 aromatic rings. The maximum atomic E-state index is 5.57. The molecule has 0 fully saturated rings. The van der Waals surface area contributed by atoms with E-state index in [1.807, 2.05) is 30.3 Å². The molecular weight excluding hydrogens is 180 g/mol. The highest BCUT2D eigenvalue weighted by atomic mass is 16.5. The Labute approximate surface area is 81.3 Å². The van der Waals surface area contributed by atoms with Crippen molar-refractivity contribution in [3.8, 4) is 5.75 Å². The Bertz CT molecular complexity index is 398. The van der Waals surface area contributed by atoms with Crippen molar-refractivity contribution in [1.29, 1.82) is 0 Å². The molecule has 1 heterocycles. The van der Waals surface area contributed by atoms with E-state index >= 15 is 0 Å². The SMILES string of the molecule is Nc1cnoc1COc1ccccc1. The lowest BCUT2D eigenvalue weighted by atomic mass is 10.3. The number of hydrogen-bond acceptors (Lipinski definition) is 4. The second-order valence-electron chi connectivity index (χ2n) is 2.81. The Morgan fingerprint density at radius 1 is 1.29 bits per heavy atom. The smallest absolute Gasteiger partial charge is 0.196 e. The monoisotopic (exact) mass is 190 g/mol. The largest absolute Gasteiger partial charge is 0.485 e. The van der Waals surface area contributed by atoms with Crippen molar-refractivity contribution in [1.82, 2.24) is 5.16 Å². The molecule has 0 spiro atoms. The summed E-state index contributed by atoms with van der Waals surface area (Å²) in [5.74, 6) is 1.33. The zero-order valence-electron chi connectivity index (χ0n) is 7.51. The van der Waals surface area contributed by atoms with E-state index in [1.54, 1.807) is 0 Å². The van der Waals surface area contributed by atoms with Crippen LogP contribution in [-0.2, 0) is 6.61 Å². The molecule has 0 aliphatic heterocycles. The maximum Gasteiger partial charge on any atom is 0.196 e. The van der Waals surface area contributed by atoms with Crippen molar-refractivity contribution in [2.24, 2.45) is 0 Å². The summed E-state index contributed by atoms with van der Waals surface area (Å²) in [6.07, 6.45) is 1.46. The Hall–Kier alpha value is -1.97. The highest BCUT2D eigenvalue weighted by Gasteiger charge is 2.04. The van der Waals surface area contributed by atoms with E-state index in [2.05, 4.69) is 5.16 Å². The summed E-state index contributed by atoms with van der Waals surface area (Å²) < 4.78 is 10.3. The van der Waals surface area contributed by atoms with Crippen molar-refractivity contribution < 1.29 is 9.26 Å². The number of ether oxygens (including phenoxy) is 1. The number of nitrogens with zero attached hydrogens (tertiary/aromatic N) is 1. The van der Waals surface area contributed by atoms with Gasteiger partial charge in [0.05, 0.1) is 11.9 Å². The molecule has 4 nitrogen and oxygen atoms in total. The van der Waals surface area contributed by atoms with E-state index in [-0.39, 0.29) is 0 Å². The lowest BCUT2D eigenvalue weighted by molar-refractivity contribution is 0.250. The summed E-state index contributed by atoms with van der Waals surface area (Å²) in [5, 5.41) is 3.55. The van der Waals surface area contributed by atoms with Crippen LogP contribution in [0.1, 0.15) is 5.76 Å². The average Bonchev–Trinajstić information content (AvgIpc) is 2.63. The molecule has 0 aliphatic rings. The molecule has 72 valence electrons. The van der Waals surface area contributed by atoms with Gasteiger partial charge in [-0.25, -0.2) is 0 Å². The molecule has 0 bridgehead atoms. The molecule has 2 rings (SSSR count). The first kappa shape index (κ1) is 8.62. The molecule has 0 saturated carbocycles. The van der Waals surface area contributed by atoms with E-state index < -0.39 is 0 Å². The fourth-order valence-corrected chi connectivity index (χ4v) is 1.05. The lowest BCUT2D eigenvalue weighted by Gasteiger charge is -2.02. The third-order valence-corrected chi connectivity index (χ3v) is 1.79. The van der Waals surface area contributed by atoms with Crippen molar-refractivity contribution in [3.05, 3.63) is 42.3 Å². The number of nitrogens with two attached hydrogens (primary N) is 1. The molecule has 0 saturated heterocycles. The summed E-state index contributed by atoms with van der Waals surface area (Å²) in [6.45, 7) is 0.301. The van der Waals surface area contributed by atoms with Gasteiger partial charge in [0.25, 0.3) is 0 Å².